The molecule has 2 aromatic rings. The average molecular weight is 316 g/mol. The van der Waals surface area contributed by atoms with Crippen LogP contribution in [0.15, 0.2) is 40.0 Å². The van der Waals surface area contributed by atoms with Crippen LogP contribution in [0.2, 0.25) is 0 Å². The van der Waals surface area contributed by atoms with Gasteiger partial charge >= 0.3 is 0 Å². The van der Waals surface area contributed by atoms with Gasteiger partial charge in [0.05, 0.1) is 11.3 Å². The quantitative estimate of drug-likeness (QED) is 0.818. The Bertz CT molecular complexity index is 748. The molecule has 0 saturated carbocycles. The van der Waals surface area contributed by atoms with Crippen LogP contribution in [0.3, 0.4) is 0 Å². The summed E-state index contributed by atoms with van der Waals surface area (Å²) >= 11 is 1.47. The molecule has 0 radical (unpaired) electrons. The van der Waals surface area contributed by atoms with Crippen molar-refractivity contribution in [3.63, 3.8) is 0 Å². The van der Waals surface area contributed by atoms with Crippen LogP contribution in [0.4, 0.5) is 0 Å². The van der Waals surface area contributed by atoms with Crippen molar-refractivity contribution < 1.29 is 4.79 Å². The third-order valence-corrected chi connectivity index (χ3v) is 5.22. The lowest BCUT2D eigenvalue weighted by Crippen LogP contribution is -2.36. The zero-order chi connectivity index (χ0) is 15.5. The highest BCUT2D eigenvalue weighted by molar-refractivity contribution is 8.00. The first-order valence-corrected chi connectivity index (χ1v) is 8.65. The number of rotatable bonds is 3. The van der Waals surface area contributed by atoms with Gasteiger partial charge in [-0.15, -0.1) is 11.8 Å². The molecule has 1 aliphatic heterocycles. The molecule has 4 nitrogen and oxygen atoms in total. The number of fused-ring (bicyclic) bond motifs is 1. The normalized spacial score (nSPS) is 15.2. The van der Waals surface area contributed by atoms with Crippen molar-refractivity contribution in [2.45, 2.75) is 24.2 Å². The van der Waals surface area contributed by atoms with Crippen molar-refractivity contribution in [3.05, 3.63) is 40.7 Å². The van der Waals surface area contributed by atoms with Crippen molar-refractivity contribution in [1.82, 2.24) is 9.47 Å². The van der Waals surface area contributed by atoms with Crippen molar-refractivity contribution in [3.8, 4) is 0 Å². The van der Waals surface area contributed by atoms with Gasteiger partial charge in [-0.3, -0.25) is 9.59 Å². The van der Waals surface area contributed by atoms with E-state index in [0.29, 0.717) is 5.75 Å². The molecule has 0 N–H and O–H groups in total. The molecular weight excluding hydrogens is 296 g/mol. The number of para-hydroxylation sites is 1. The fourth-order valence-electron chi connectivity index (χ4n) is 2.87. The number of hydrogen-bond acceptors (Lipinski definition) is 3. The Morgan fingerprint density at radius 1 is 1.18 bits per heavy atom. The summed E-state index contributed by atoms with van der Waals surface area (Å²) in [5, 5.41) is 1.03. The Morgan fingerprint density at radius 3 is 2.68 bits per heavy atom. The molecule has 1 aromatic carbocycles. The number of hydrogen-bond donors (Lipinski definition) is 0. The number of nitrogens with zero attached hydrogens (tertiary/aromatic N) is 2. The second kappa shape index (κ2) is 6.57. The van der Waals surface area contributed by atoms with Crippen molar-refractivity contribution in [2.75, 3.05) is 18.8 Å². The number of aromatic nitrogens is 1. The minimum atomic E-state index is -0.0355. The predicted molar refractivity (Wildman–Crippen MR) is 90.3 cm³/mol. The number of carbonyl (C=O) groups is 1. The smallest absolute Gasteiger partial charge is 0.251 e. The zero-order valence-corrected chi connectivity index (χ0v) is 13.6. The highest BCUT2D eigenvalue weighted by atomic mass is 32.2. The van der Waals surface area contributed by atoms with Gasteiger partial charge in [0.25, 0.3) is 5.56 Å². The lowest BCUT2D eigenvalue weighted by molar-refractivity contribution is -0.129. The maximum Gasteiger partial charge on any atom is 0.251 e. The summed E-state index contributed by atoms with van der Waals surface area (Å²) in [5.74, 6) is 0.575. The summed E-state index contributed by atoms with van der Waals surface area (Å²) in [5.41, 5.74) is 0.870. The van der Waals surface area contributed by atoms with E-state index < -0.39 is 0 Å². The van der Waals surface area contributed by atoms with Crippen LogP contribution in [-0.2, 0) is 11.8 Å². The number of likely N-dealkylation sites (tertiary alicyclic amines) is 1. The standard InChI is InChI=1S/C17H20N2O2S/c1-18-14-8-4-3-7-13(14)15(11-16(18)20)22-12-17(21)19-9-5-2-6-10-19/h3-4,7-8,11H,2,5-6,9-10,12H2,1H3. The van der Waals surface area contributed by atoms with Gasteiger partial charge in [0.1, 0.15) is 0 Å². The highest BCUT2D eigenvalue weighted by Crippen LogP contribution is 2.26. The van der Waals surface area contributed by atoms with Crippen LogP contribution in [0, 0.1) is 0 Å². The second-order valence-corrected chi connectivity index (χ2v) is 6.67. The minimum Gasteiger partial charge on any atom is -0.342 e. The zero-order valence-electron chi connectivity index (χ0n) is 12.7. The molecule has 1 aromatic heterocycles. The molecular formula is C17H20N2O2S. The summed E-state index contributed by atoms with van der Waals surface area (Å²) in [6.45, 7) is 1.74. The third kappa shape index (κ3) is 3.04. The van der Waals surface area contributed by atoms with Crippen molar-refractivity contribution in [2.24, 2.45) is 7.05 Å². The van der Waals surface area contributed by atoms with Crippen LogP contribution in [0.1, 0.15) is 19.3 Å². The van der Waals surface area contributed by atoms with Gasteiger partial charge in [-0.05, 0) is 25.3 Å². The maximum absolute atomic E-state index is 12.3. The molecule has 1 amide bonds. The molecule has 1 saturated heterocycles. The molecule has 0 aliphatic carbocycles. The van der Waals surface area contributed by atoms with Gasteiger partial charge in [0.2, 0.25) is 5.91 Å². The summed E-state index contributed by atoms with van der Waals surface area (Å²) in [6.07, 6.45) is 3.42. The fourth-order valence-corrected chi connectivity index (χ4v) is 3.85. The Morgan fingerprint density at radius 2 is 1.91 bits per heavy atom. The van der Waals surface area contributed by atoms with Gasteiger partial charge < -0.3 is 9.47 Å². The van der Waals surface area contributed by atoms with Gasteiger partial charge in [0, 0.05) is 36.5 Å². The molecule has 116 valence electrons. The van der Waals surface area contributed by atoms with E-state index in [2.05, 4.69) is 0 Å². The van der Waals surface area contributed by atoms with E-state index in [0.717, 1.165) is 41.7 Å². The lowest BCUT2D eigenvalue weighted by Gasteiger charge is -2.26. The van der Waals surface area contributed by atoms with Gasteiger partial charge in [-0.1, -0.05) is 18.2 Å². The van der Waals surface area contributed by atoms with E-state index in [1.807, 2.05) is 29.2 Å². The number of aryl methyl sites for hydroxylation is 1. The molecule has 3 rings (SSSR count). The fraction of sp³-hybridized carbons (Fsp3) is 0.412. The molecule has 1 fully saturated rings. The van der Waals surface area contributed by atoms with Gasteiger partial charge in [-0.25, -0.2) is 0 Å². The molecule has 0 spiro atoms. The second-order valence-electron chi connectivity index (χ2n) is 5.65. The molecule has 0 bridgehead atoms. The number of carbonyl (C=O) groups excluding carboxylic acids is 1. The Hall–Kier alpha value is -1.75. The van der Waals surface area contributed by atoms with Crippen LogP contribution in [0.5, 0.6) is 0 Å². The topological polar surface area (TPSA) is 42.3 Å². The summed E-state index contributed by atoms with van der Waals surface area (Å²) in [7, 11) is 1.78. The van der Waals surface area contributed by atoms with Crippen LogP contribution in [0.25, 0.3) is 10.9 Å². The first kappa shape index (κ1) is 15.2. The SMILES string of the molecule is Cn1c(=O)cc(SCC(=O)N2CCCCC2)c2ccccc21. The van der Waals surface area contributed by atoms with E-state index >= 15 is 0 Å². The minimum absolute atomic E-state index is 0.0355. The molecule has 5 heteroatoms. The van der Waals surface area contributed by atoms with Crippen LogP contribution >= 0.6 is 11.8 Å². The first-order valence-electron chi connectivity index (χ1n) is 7.66. The Kier molecular flexibility index (Phi) is 4.52. The summed E-state index contributed by atoms with van der Waals surface area (Å²) < 4.78 is 1.64. The van der Waals surface area contributed by atoms with Crippen LogP contribution in [-0.4, -0.2) is 34.2 Å². The number of pyridine rings is 1. The average Bonchev–Trinajstić information content (AvgIpc) is 2.57. The maximum atomic E-state index is 12.3. The van der Waals surface area contributed by atoms with Crippen molar-refractivity contribution >= 4 is 28.6 Å². The largest absolute Gasteiger partial charge is 0.342 e. The molecule has 0 atom stereocenters. The molecule has 22 heavy (non-hydrogen) atoms. The number of benzene rings is 1. The van der Waals surface area contributed by atoms with E-state index in [1.165, 1.54) is 18.2 Å². The number of piperidine rings is 1. The lowest BCUT2D eigenvalue weighted by atomic mass is 10.1. The highest BCUT2D eigenvalue weighted by Gasteiger charge is 2.17. The summed E-state index contributed by atoms with van der Waals surface area (Å²) in [4.78, 5) is 27.2. The number of amides is 1. The van der Waals surface area contributed by atoms with Gasteiger partial charge in [-0.2, -0.15) is 0 Å². The Balaban J connectivity index is 1.80. The Labute approximate surface area is 134 Å². The van der Waals surface area contributed by atoms with E-state index in [9.17, 15) is 9.59 Å². The third-order valence-electron chi connectivity index (χ3n) is 4.18. The first-order chi connectivity index (χ1) is 10.7. The van der Waals surface area contributed by atoms with Gasteiger partial charge in [0.15, 0.2) is 0 Å². The molecule has 2 heterocycles. The summed E-state index contributed by atoms with van der Waals surface area (Å²) in [6, 6.07) is 9.46. The van der Waals surface area contributed by atoms with E-state index in [-0.39, 0.29) is 11.5 Å². The monoisotopic (exact) mass is 316 g/mol. The van der Waals surface area contributed by atoms with E-state index in [4.69, 9.17) is 0 Å². The molecule has 0 unspecified atom stereocenters. The van der Waals surface area contributed by atoms with E-state index in [1.54, 1.807) is 17.7 Å². The predicted octanol–water partition coefficient (Wildman–Crippen LogP) is 2.64. The van der Waals surface area contributed by atoms with Crippen molar-refractivity contribution in [1.29, 1.82) is 0 Å². The number of thioether (sulfide) groups is 1. The molecule has 1 aliphatic rings. The van der Waals surface area contributed by atoms with Crippen LogP contribution < -0.4 is 5.56 Å².